The maximum absolute atomic E-state index is 10.3. The predicted octanol–water partition coefficient (Wildman–Crippen LogP) is 2.77. The van der Waals surface area contributed by atoms with Crippen molar-refractivity contribution < 1.29 is 24.8 Å². The van der Waals surface area contributed by atoms with Gasteiger partial charge in [0.1, 0.15) is 18.3 Å². The van der Waals surface area contributed by atoms with E-state index in [1.165, 1.54) is 24.8 Å². The van der Waals surface area contributed by atoms with E-state index in [1.807, 2.05) is 0 Å². The van der Waals surface area contributed by atoms with Crippen LogP contribution in [0.25, 0.3) is 0 Å². The number of hydrogen-bond acceptors (Lipinski definition) is 5. The average molecular weight is 369 g/mol. The molecule has 0 aromatic carbocycles. The molecule has 0 aromatic rings. The van der Waals surface area contributed by atoms with Crippen molar-refractivity contribution in [1.29, 1.82) is 0 Å². The zero-order valence-electron chi connectivity index (χ0n) is 16.8. The monoisotopic (exact) mass is 368 g/mol. The van der Waals surface area contributed by atoms with Crippen LogP contribution in [-0.2, 0) is 9.47 Å². The SMILES string of the molecule is CC1=CCC[C@H](C)[C@@]12CC[C@@H](C(C)(C)O[C@@H]1O[C@H](C)[C@H](O)[C@@H](O)[C@H]1O)C2. The molecule has 0 aromatic heterocycles. The Morgan fingerprint density at radius 1 is 1.12 bits per heavy atom. The van der Waals surface area contributed by atoms with Gasteiger partial charge in [0, 0.05) is 0 Å². The van der Waals surface area contributed by atoms with Crippen LogP contribution in [-0.4, -0.2) is 51.6 Å². The van der Waals surface area contributed by atoms with Crippen LogP contribution < -0.4 is 0 Å². The summed E-state index contributed by atoms with van der Waals surface area (Å²) in [4.78, 5) is 0. The fourth-order valence-corrected chi connectivity index (χ4v) is 5.40. The Kier molecular flexibility index (Phi) is 5.59. The average Bonchev–Trinajstić information content (AvgIpc) is 3.03. The summed E-state index contributed by atoms with van der Waals surface area (Å²) in [5.41, 5.74) is 1.32. The van der Waals surface area contributed by atoms with Gasteiger partial charge in [0.25, 0.3) is 0 Å². The Balaban J connectivity index is 1.71. The molecule has 0 amide bonds. The summed E-state index contributed by atoms with van der Waals surface area (Å²) in [6.07, 6.45) is 3.10. The molecule has 0 bridgehead atoms. The van der Waals surface area contributed by atoms with E-state index in [9.17, 15) is 15.3 Å². The van der Waals surface area contributed by atoms with Crippen LogP contribution in [0.2, 0.25) is 0 Å². The third kappa shape index (κ3) is 3.37. The Bertz CT molecular complexity index is 545. The van der Waals surface area contributed by atoms with Crippen molar-refractivity contribution in [2.75, 3.05) is 0 Å². The van der Waals surface area contributed by atoms with Crippen molar-refractivity contribution in [1.82, 2.24) is 0 Å². The number of rotatable bonds is 3. The molecule has 3 rings (SSSR count). The maximum atomic E-state index is 10.3. The molecule has 3 N–H and O–H groups in total. The molecule has 3 aliphatic rings. The zero-order valence-corrected chi connectivity index (χ0v) is 16.8. The van der Waals surface area contributed by atoms with E-state index in [0.717, 1.165) is 12.8 Å². The van der Waals surface area contributed by atoms with E-state index in [0.29, 0.717) is 11.8 Å². The molecule has 2 aliphatic carbocycles. The molecule has 1 spiro atoms. The first-order valence-electron chi connectivity index (χ1n) is 10.1. The minimum atomic E-state index is -1.25. The van der Waals surface area contributed by atoms with Crippen LogP contribution in [0.1, 0.15) is 66.7 Å². The van der Waals surface area contributed by atoms with E-state index in [4.69, 9.17) is 9.47 Å². The highest BCUT2D eigenvalue weighted by molar-refractivity contribution is 5.20. The summed E-state index contributed by atoms with van der Waals surface area (Å²) < 4.78 is 11.9. The minimum absolute atomic E-state index is 0.276. The summed E-state index contributed by atoms with van der Waals surface area (Å²) in [6, 6.07) is 0. The predicted molar refractivity (Wildman–Crippen MR) is 99.4 cm³/mol. The standard InChI is InChI=1S/C21H36O5/c1-12-7-6-8-13(2)21(12)10-9-15(11-21)20(4,5)26-19-18(24)17(23)16(22)14(3)25-19/h7,13-19,22-24H,6,8-11H2,1-5H3/t13-,14+,15+,16-,17+,18+,19-,21+/m0/s1. The van der Waals surface area contributed by atoms with Crippen LogP contribution in [0.4, 0.5) is 0 Å². The topological polar surface area (TPSA) is 79.2 Å². The number of aliphatic hydroxyl groups excluding tert-OH is 3. The molecule has 8 atom stereocenters. The van der Waals surface area contributed by atoms with Gasteiger partial charge in [-0.1, -0.05) is 18.6 Å². The van der Waals surface area contributed by atoms with Gasteiger partial charge >= 0.3 is 0 Å². The van der Waals surface area contributed by atoms with Gasteiger partial charge in [0.15, 0.2) is 6.29 Å². The molecule has 1 saturated heterocycles. The molecule has 1 heterocycles. The van der Waals surface area contributed by atoms with E-state index in [2.05, 4.69) is 33.8 Å². The maximum Gasteiger partial charge on any atom is 0.187 e. The lowest BCUT2D eigenvalue weighted by Gasteiger charge is -2.45. The van der Waals surface area contributed by atoms with Crippen molar-refractivity contribution in [2.24, 2.45) is 17.3 Å². The highest BCUT2D eigenvalue weighted by Crippen LogP contribution is 2.57. The number of allylic oxidation sites excluding steroid dienone is 2. The number of aliphatic hydroxyl groups is 3. The normalized spacial score (nSPS) is 47.2. The van der Waals surface area contributed by atoms with Gasteiger partial charge in [-0.25, -0.2) is 0 Å². The molecular formula is C21H36O5. The van der Waals surface area contributed by atoms with Gasteiger partial charge in [0.05, 0.1) is 11.7 Å². The van der Waals surface area contributed by atoms with Crippen molar-refractivity contribution in [2.45, 2.75) is 103 Å². The molecule has 5 nitrogen and oxygen atoms in total. The number of hydrogen-bond donors (Lipinski definition) is 3. The largest absolute Gasteiger partial charge is 0.388 e. The Morgan fingerprint density at radius 3 is 2.46 bits per heavy atom. The van der Waals surface area contributed by atoms with Gasteiger partial charge < -0.3 is 24.8 Å². The second-order valence-electron chi connectivity index (χ2n) is 9.36. The van der Waals surface area contributed by atoms with E-state index in [-0.39, 0.29) is 5.41 Å². The first kappa shape index (κ1) is 20.3. The first-order chi connectivity index (χ1) is 12.1. The number of ether oxygens (including phenoxy) is 2. The summed E-state index contributed by atoms with van der Waals surface area (Å²) in [5, 5.41) is 30.2. The van der Waals surface area contributed by atoms with E-state index >= 15 is 0 Å². The minimum Gasteiger partial charge on any atom is -0.388 e. The van der Waals surface area contributed by atoms with Crippen molar-refractivity contribution in [3.05, 3.63) is 11.6 Å². The third-order valence-corrected chi connectivity index (χ3v) is 7.54. The summed E-state index contributed by atoms with van der Waals surface area (Å²) in [5.74, 6) is 1.04. The molecule has 150 valence electrons. The van der Waals surface area contributed by atoms with Crippen LogP contribution in [0, 0.1) is 17.3 Å². The quantitative estimate of drug-likeness (QED) is 0.668. The van der Waals surface area contributed by atoms with Crippen molar-refractivity contribution in [3.8, 4) is 0 Å². The van der Waals surface area contributed by atoms with Gasteiger partial charge in [-0.2, -0.15) is 0 Å². The van der Waals surface area contributed by atoms with E-state index in [1.54, 1.807) is 6.92 Å². The fourth-order valence-electron chi connectivity index (χ4n) is 5.40. The van der Waals surface area contributed by atoms with Gasteiger partial charge in [0.2, 0.25) is 0 Å². The molecule has 5 heteroatoms. The zero-order chi connectivity index (χ0) is 19.3. The second kappa shape index (κ2) is 7.17. The molecule has 2 fully saturated rings. The molecular weight excluding hydrogens is 332 g/mol. The second-order valence-corrected chi connectivity index (χ2v) is 9.36. The summed E-state index contributed by atoms with van der Waals surface area (Å²) in [7, 11) is 0. The van der Waals surface area contributed by atoms with Crippen LogP contribution in [0.3, 0.4) is 0 Å². The Morgan fingerprint density at radius 2 is 1.81 bits per heavy atom. The van der Waals surface area contributed by atoms with Crippen LogP contribution >= 0.6 is 0 Å². The van der Waals surface area contributed by atoms with Crippen LogP contribution in [0.15, 0.2) is 11.6 Å². The Hall–Kier alpha value is -0.460. The smallest absolute Gasteiger partial charge is 0.187 e. The summed E-state index contributed by atoms with van der Waals surface area (Å²) >= 11 is 0. The lowest BCUT2D eigenvalue weighted by atomic mass is 9.64. The van der Waals surface area contributed by atoms with E-state index < -0.39 is 36.3 Å². The Labute approximate surface area is 157 Å². The lowest BCUT2D eigenvalue weighted by molar-refractivity contribution is -0.322. The molecule has 1 saturated carbocycles. The van der Waals surface area contributed by atoms with Gasteiger partial charge in [-0.05, 0) is 77.0 Å². The highest BCUT2D eigenvalue weighted by Gasteiger charge is 2.51. The summed E-state index contributed by atoms with van der Waals surface area (Å²) in [6.45, 7) is 10.5. The first-order valence-corrected chi connectivity index (χ1v) is 10.1. The van der Waals surface area contributed by atoms with Gasteiger partial charge in [-0.15, -0.1) is 0 Å². The molecule has 0 radical (unpaired) electrons. The molecule has 0 unspecified atom stereocenters. The highest BCUT2D eigenvalue weighted by atomic mass is 16.7. The third-order valence-electron chi connectivity index (χ3n) is 7.54. The van der Waals surface area contributed by atoms with Crippen molar-refractivity contribution >= 4 is 0 Å². The van der Waals surface area contributed by atoms with Crippen molar-refractivity contribution in [3.63, 3.8) is 0 Å². The fraction of sp³-hybridized carbons (Fsp3) is 0.905. The lowest BCUT2D eigenvalue weighted by Crippen LogP contribution is -2.59. The molecule has 26 heavy (non-hydrogen) atoms. The van der Waals surface area contributed by atoms with Gasteiger partial charge in [-0.3, -0.25) is 0 Å². The van der Waals surface area contributed by atoms with Crippen LogP contribution in [0.5, 0.6) is 0 Å². The molecule has 1 aliphatic heterocycles.